The number of nitrogens with zero attached hydrogens (tertiary/aromatic N) is 4. The van der Waals surface area contributed by atoms with E-state index in [4.69, 9.17) is 4.74 Å². The van der Waals surface area contributed by atoms with Gasteiger partial charge in [-0.05, 0) is 12.3 Å². The van der Waals surface area contributed by atoms with Crippen LogP contribution in [0.3, 0.4) is 0 Å². The maximum atomic E-state index is 12.7. The number of alkyl halides is 3. The smallest absolute Gasteiger partial charge is 0.435 e. The molecule has 1 N–H and O–H groups in total. The number of hydrogen-bond acceptors (Lipinski definition) is 5. The topological polar surface area (TPSA) is 99.2 Å². The van der Waals surface area contributed by atoms with E-state index in [1.54, 1.807) is 0 Å². The van der Waals surface area contributed by atoms with E-state index >= 15 is 0 Å². The number of halogens is 3. The van der Waals surface area contributed by atoms with Crippen molar-refractivity contribution in [2.75, 3.05) is 0 Å². The lowest BCUT2D eigenvalue weighted by Crippen LogP contribution is -2.32. The van der Waals surface area contributed by atoms with Crippen LogP contribution in [0.15, 0.2) is 23.1 Å². The summed E-state index contributed by atoms with van der Waals surface area (Å²) in [6.45, 7) is 0. The number of ether oxygens (including phenoxy) is 1. The van der Waals surface area contributed by atoms with Crippen molar-refractivity contribution in [3.63, 3.8) is 0 Å². The minimum absolute atomic E-state index is 0.108. The van der Waals surface area contributed by atoms with Gasteiger partial charge in [-0.25, -0.2) is 14.2 Å². The quantitative estimate of drug-likeness (QED) is 0.800. The number of rotatable bonds is 6. The van der Waals surface area contributed by atoms with Crippen molar-refractivity contribution in [3.05, 3.63) is 34.4 Å². The highest BCUT2D eigenvalue weighted by Crippen LogP contribution is 2.33. The van der Waals surface area contributed by atoms with Gasteiger partial charge in [0.15, 0.2) is 17.5 Å². The molecule has 2 aromatic heterocycles. The van der Waals surface area contributed by atoms with Crippen molar-refractivity contribution in [1.29, 1.82) is 0 Å². The summed E-state index contributed by atoms with van der Waals surface area (Å²) in [7, 11) is 1.27. The molecule has 1 saturated carbocycles. The minimum atomic E-state index is -4.63. The van der Waals surface area contributed by atoms with Crippen LogP contribution >= 0.6 is 0 Å². The molecule has 2 heterocycles. The van der Waals surface area contributed by atoms with Crippen LogP contribution in [0.2, 0.25) is 0 Å². The van der Waals surface area contributed by atoms with E-state index in [1.165, 1.54) is 7.05 Å². The van der Waals surface area contributed by atoms with Crippen molar-refractivity contribution >= 4 is 5.97 Å². The molecular weight excluding hydrogens is 381 g/mol. The Morgan fingerprint density at radius 2 is 2.04 bits per heavy atom. The average molecular weight is 400 g/mol. The fraction of sp³-hybridized carbons (Fsp3) is 0.529. The third-order valence-electron chi connectivity index (χ3n) is 4.76. The molecule has 28 heavy (non-hydrogen) atoms. The molecule has 0 radical (unpaired) electrons. The lowest BCUT2D eigenvalue weighted by Gasteiger charge is -2.18. The summed E-state index contributed by atoms with van der Waals surface area (Å²) in [5.41, 5.74) is -1.84. The number of aryl methyl sites for hydroxylation is 1. The van der Waals surface area contributed by atoms with Crippen molar-refractivity contribution < 1.29 is 27.8 Å². The molecule has 0 aromatic carbocycles. The predicted molar refractivity (Wildman–Crippen MR) is 90.0 cm³/mol. The van der Waals surface area contributed by atoms with Crippen molar-refractivity contribution in [2.24, 2.45) is 13.0 Å². The fourth-order valence-electron chi connectivity index (χ4n) is 3.36. The van der Waals surface area contributed by atoms with E-state index in [2.05, 4.69) is 10.2 Å². The van der Waals surface area contributed by atoms with Gasteiger partial charge in [0.2, 0.25) is 5.88 Å². The van der Waals surface area contributed by atoms with Gasteiger partial charge in [0, 0.05) is 19.2 Å². The zero-order valence-electron chi connectivity index (χ0n) is 15.0. The summed E-state index contributed by atoms with van der Waals surface area (Å²) in [4.78, 5) is 24.0. The Morgan fingerprint density at radius 3 is 2.57 bits per heavy atom. The molecule has 0 amide bonds. The van der Waals surface area contributed by atoms with Gasteiger partial charge in [-0.15, -0.1) is 0 Å². The minimum Gasteiger partial charge on any atom is -0.480 e. The second-order valence-corrected chi connectivity index (χ2v) is 6.81. The predicted octanol–water partition coefficient (Wildman–Crippen LogP) is 2.99. The van der Waals surface area contributed by atoms with Crippen LogP contribution in [0, 0.1) is 5.92 Å². The van der Waals surface area contributed by atoms with Crippen molar-refractivity contribution in [1.82, 2.24) is 19.6 Å². The summed E-state index contributed by atoms with van der Waals surface area (Å²) in [6, 6.07) is 0.599. The summed E-state index contributed by atoms with van der Waals surface area (Å²) in [5, 5.41) is 16.7. The van der Waals surface area contributed by atoms with Crippen molar-refractivity contribution in [3.8, 4) is 11.6 Å². The number of carboxylic acids is 1. The van der Waals surface area contributed by atoms with Crippen LogP contribution in [0.25, 0.3) is 0 Å². The Kier molecular flexibility index (Phi) is 5.43. The molecule has 8 nitrogen and oxygen atoms in total. The zero-order valence-corrected chi connectivity index (χ0v) is 15.0. The molecule has 11 heteroatoms. The van der Waals surface area contributed by atoms with Gasteiger partial charge in [-0.1, -0.05) is 25.7 Å². The van der Waals surface area contributed by atoms with E-state index in [1.807, 2.05) is 0 Å². The summed E-state index contributed by atoms with van der Waals surface area (Å²) in [6.07, 6.45) is 0.693. The van der Waals surface area contributed by atoms with Gasteiger partial charge in [0.05, 0.1) is 6.20 Å². The Morgan fingerprint density at radius 1 is 1.36 bits per heavy atom. The largest absolute Gasteiger partial charge is 0.480 e. The van der Waals surface area contributed by atoms with Crippen LogP contribution in [0.4, 0.5) is 13.2 Å². The monoisotopic (exact) mass is 400 g/mol. The van der Waals surface area contributed by atoms with Crippen LogP contribution in [-0.4, -0.2) is 30.6 Å². The Bertz CT molecular complexity index is 916. The summed E-state index contributed by atoms with van der Waals surface area (Å²) in [5.74, 6) is -1.27. The van der Waals surface area contributed by atoms with Crippen molar-refractivity contribution in [2.45, 2.75) is 44.3 Å². The van der Waals surface area contributed by atoms with Gasteiger partial charge in [0.1, 0.15) is 0 Å². The highest BCUT2D eigenvalue weighted by Gasteiger charge is 2.35. The van der Waals surface area contributed by atoms with Crippen LogP contribution in [0.5, 0.6) is 11.6 Å². The molecule has 0 saturated heterocycles. The molecule has 0 bridgehead atoms. The first-order chi connectivity index (χ1) is 13.1. The van der Waals surface area contributed by atoms with Gasteiger partial charge in [0.25, 0.3) is 5.56 Å². The molecule has 1 fully saturated rings. The Balaban J connectivity index is 1.81. The highest BCUT2D eigenvalue weighted by atomic mass is 19.4. The SMILES string of the molecule is Cn1nc(C(F)(F)F)cc1Oc1cnn(C(CC2CCCC2)C(=O)O)c(=O)c1. The normalized spacial score (nSPS) is 16.3. The number of carboxylic acid groups (broad SMARTS) is 1. The van der Waals surface area contributed by atoms with Gasteiger partial charge in [-0.3, -0.25) is 4.79 Å². The van der Waals surface area contributed by atoms with E-state index in [0.29, 0.717) is 12.5 Å². The molecule has 3 rings (SSSR count). The zero-order chi connectivity index (χ0) is 20.5. The van der Waals surface area contributed by atoms with Crippen LogP contribution in [0.1, 0.15) is 43.8 Å². The first kappa shape index (κ1) is 19.9. The lowest BCUT2D eigenvalue weighted by molar-refractivity contribution is -0.142. The highest BCUT2D eigenvalue weighted by molar-refractivity contribution is 5.71. The van der Waals surface area contributed by atoms with Gasteiger partial charge >= 0.3 is 12.1 Å². The maximum absolute atomic E-state index is 12.7. The average Bonchev–Trinajstić information content (AvgIpc) is 3.23. The fourth-order valence-corrected chi connectivity index (χ4v) is 3.36. The molecule has 1 aliphatic rings. The Labute approximate surface area is 157 Å². The summed E-state index contributed by atoms with van der Waals surface area (Å²) < 4.78 is 45.2. The summed E-state index contributed by atoms with van der Waals surface area (Å²) >= 11 is 0. The molecule has 1 aliphatic carbocycles. The van der Waals surface area contributed by atoms with E-state index < -0.39 is 29.4 Å². The van der Waals surface area contributed by atoms with Gasteiger partial charge in [-0.2, -0.15) is 23.4 Å². The second-order valence-electron chi connectivity index (χ2n) is 6.81. The number of hydrogen-bond donors (Lipinski definition) is 1. The molecule has 0 aliphatic heterocycles. The molecule has 1 atom stereocenters. The maximum Gasteiger partial charge on any atom is 0.435 e. The first-order valence-corrected chi connectivity index (χ1v) is 8.76. The van der Waals surface area contributed by atoms with E-state index in [9.17, 15) is 27.9 Å². The van der Waals surface area contributed by atoms with Crippen LogP contribution in [-0.2, 0) is 18.0 Å². The van der Waals surface area contributed by atoms with Gasteiger partial charge < -0.3 is 9.84 Å². The molecule has 1 unspecified atom stereocenters. The van der Waals surface area contributed by atoms with E-state index in [-0.39, 0.29) is 17.5 Å². The number of carbonyl (C=O) groups is 1. The first-order valence-electron chi connectivity index (χ1n) is 8.76. The number of aliphatic carboxylic acids is 1. The standard InChI is InChI=1S/C17H19F3N4O4/c1-23-15(8-13(22-23)17(18,19)20)28-11-7-14(25)24(21-9-11)12(16(26)27)6-10-4-2-3-5-10/h7-10,12H,2-6H2,1H3,(H,26,27). The molecule has 0 spiro atoms. The molecule has 152 valence electrons. The number of aromatic nitrogens is 4. The Hall–Kier alpha value is -2.85. The molecular formula is C17H19F3N4O4. The molecule has 2 aromatic rings. The third-order valence-corrected chi connectivity index (χ3v) is 4.76. The lowest BCUT2D eigenvalue weighted by atomic mass is 9.98. The van der Waals surface area contributed by atoms with E-state index in [0.717, 1.165) is 47.3 Å². The van der Waals surface area contributed by atoms with Crippen LogP contribution < -0.4 is 10.3 Å². The third kappa shape index (κ3) is 4.34. The second kappa shape index (κ2) is 7.64.